The summed E-state index contributed by atoms with van der Waals surface area (Å²) >= 11 is 1.70. The van der Waals surface area contributed by atoms with Crippen molar-refractivity contribution in [3.05, 3.63) is 41.2 Å². The van der Waals surface area contributed by atoms with Gasteiger partial charge in [-0.1, -0.05) is 0 Å². The minimum absolute atomic E-state index is 0.317. The van der Waals surface area contributed by atoms with Crippen molar-refractivity contribution in [2.45, 2.75) is 32.4 Å². The van der Waals surface area contributed by atoms with Crippen molar-refractivity contribution >= 4 is 22.0 Å². The molecule has 0 amide bonds. The predicted octanol–water partition coefficient (Wildman–Crippen LogP) is 3.51. The summed E-state index contributed by atoms with van der Waals surface area (Å²) in [6, 6.07) is 6.53. The third kappa shape index (κ3) is 2.91. The second-order valence-electron chi connectivity index (χ2n) is 6.99. The number of aryl methyl sites for hydroxylation is 1. The first-order chi connectivity index (χ1) is 12.8. The maximum absolute atomic E-state index is 5.48. The van der Waals surface area contributed by atoms with Crippen molar-refractivity contribution in [2.75, 3.05) is 25.2 Å². The molecule has 1 unspecified atom stereocenters. The largest absolute Gasteiger partial charge is 0.454 e. The summed E-state index contributed by atoms with van der Waals surface area (Å²) in [5.74, 6) is 1.66. The number of hydrogen-bond donors (Lipinski definition) is 1. The number of imidazole rings is 1. The van der Waals surface area contributed by atoms with Crippen LogP contribution in [0.2, 0.25) is 0 Å². The Morgan fingerprint density at radius 1 is 1.31 bits per heavy atom. The van der Waals surface area contributed by atoms with E-state index in [0.717, 1.165) is 47.5 Å². The third-order valence-corrected chi connectivity index (χ3v) is 5.94. The van der Waals surface area contributed by atoms with E-state index in [1.165, 1.54) is 18.5 Å². The molecule has 136 valence electrons. The van der Waals surface area contributed by atoms with Crippen LogP contribution in [0.5, 0.6) is 11.5 Å². The molecule has 0 radical (unpaired) electrons. The number of anilines is 1. The quantitative estimate of drug-likeness (QED) is 0.762. The summed E-state index contributed by atoms with van der Waals surface area (Å²) in [5, 5.41) is 5.77. The summed E-state index contributed by atoms with van der Waals surface area (Å²) in [4.78, 5) is 8.29. The second kappa shape index (κ2) is 6.48. The topological polar surface area (TPSA) is 51.0 Å². The van der Waals surface area contributed by atoms with Crippen LogP contribution in [0, 0.1) is 6.92 Å². The smallest absolute Gasteiger partial charge is 0.231 e. The first-order valence-corrected chi connectivity index (χ1v) is 9.94. The summed E-state index contributed by atoms with van der Waals surface area (Å²) < 4.78 is 13.1. The zero-order valence-corrected chi connectivity index (χ0v) is 15.6. The Labute approximate surface area is 156 Å². The number of nitrogens with one attached hydrogen (secondary N) is 1. The maximum atomic E-state index is 5.48. The fourth-order valence-corrected chi connectivity index (χ4v) is 4.66. The molecule has 5 rings (SSSR count). The van der Waals surface area contributed by atoms with Crippen LogP contribution in [0.1, 0.15) is 24.2 Å². The molecule has 4 heterocycles. The van der Waals surface area contributed by atoms with Crippen LogP contribution in [0.3, 0.4) is 0 Å². The van der Waals surface area contributed by atoms with Crippen LogP contribution in [0.25, 0.3) is 4.96 Å². The molecule has 0 saturated carbocycles. The minimum atomic E-state index is 0.317. The third-order valence-electron chi connectivity index (χ3n) is 5.18. The van der Waals surface area contributed by atoms with Gasteiger partial charge in [-0.3, -0.25) is 9.30 Å². The van der Waals surface area contributed by atoms with E-state index in [1.807, 2.05) is 12.1 Å². The number of likely N-dealkylation sites (tertiary alicyclic amines) is 1. The normalized spacial score (nSPS) is 20.0. The zero-order chi connectivity index (χ0) is 17.5. The van der Waals surface area contributed by atoms with E-state index in [1.54, 1.807) is 11.3 Å². The van der Waals surface area contributed by atoms with Gasteiger partial charge in [0.1, 0.15) is 0 Å². The molecular formula is C19H22N4O2S. The fourth-order valence-electron chi connectivity index (χ4n) is 3.88. The number of nitrogens with zero attached hydrogens (tertiary/aromatic N) is 3. The van der Waals surface area contributed by atoms with Crippen LogP contribution in [-0.2, 0) is 6.54 Å². The van der Waals surface area contributed by atoms with Crippen LogP contribution in [0.15, 0.2) is 29.8 Å². The molecule has 1 atom stereocenters. The van der Waals surface area contributed by atoms with Crippen LogP contribution in [-0.4, -0.2) is 40.2 Å². The van der Waals surface area contributed by atoms with Gasteiger partial charge in [0.25, 0.3) is 0 Å². The highest BCUT2D eigenvalue weighted by Gasteiger charge is 2.23. The first kappa shape index (κ1) is 16.0. The van der Waals surface area contributed by atoms with Crippen LogP contribution < -0.4 is 14.8 Å². The minimum Gasteiger partial charge on any atom is -0.454 e. The number of piperidine rings is 1. The highest BCUT2D eigenvalue weighted by atomic mass is 32.1. The second-order valence-corrected chi connectivity index (χ2v) is 7.86. The summed E-state index contributed by atoms with van der Waals surface area (Å²) in [6.07, 6.45) is 4.51. The molecule has 1 N–H and O–H groups in total. The van der Waals surface area contributed by atoms with Crippen molar-refractivity contribution in [2.24, 2.45) is 0 Å². The van der Waals surface area contributed by atoms with Gasteiger partial charge in [0, 0.05) is 42.5 Å². The molecule has 2 aliphatic rings. The van der Waals surface area contributed by atoms with Gasteiger partial charge in [0.2, 0.25) is 6.79 Å². The molecule has 1 saturated heterocycles. The Bertz CT molecular complexity index is 935. The molecular weight excluding hydrogens is 348 g/mol. The average Bonchev–Trinajstić information content (AvgIpc) is 3.33. The van der Waals surface area contributed by atoms with Gasteiger partial charge in [0.15, 0.2) is 16.5 Å². The number of benzene rings is 1. The van der Waals surface area contributed by atoms with Crippen molar-refractivity contribution < 1.29 is 9.47 Å². The summed E-state index contributed by atoms with van der Waals surface area (Å²) in [5.41, 5.74) is 3.55. The molecule has 1 fully saturated rings. The molecule has 26 heavy (non-hydrogen) atoms. The van der Waals surface area contributed by atoms with E-state index >= 15 is 0 Å². The molecule has 0 aliphatic carbocycles. The van der Waals surface area contributed by atoms with Gasteiger partial charge >= 0.3 is 0 Å². The van der Waals surface area contributed by atoms with Gasteiger partial charge in [-0.05, 0) is 38.4 Å². The molecule has 6 nitrogen and oxygen atoms in total. The lowest BCUT2D eigenvalue weighted by Gasteiger charge is -2.33. The molecule has 7 heteroatoms. The van der Waals surface area contributed by atoms with E-state index in [0.29, 0.717) is 12.8 Å². The molecule has 2 aromatic heterocycles. The van der Waals surface area contributed by atoms with Gasteiger partial charge in [-0.2, -0.15) is 0 Å². The van der Waals surface area contributed by atoms with Crippen LogP contribution >= 0.6 is 11.3 Å². The van der Waals surface area contributed by atoms with E-state index in [2.05, 4.69) is 44.2 Å². The highest BCUT2D eigenvalue weighted by molar-refractivity contribution is 7.15. The molecule has 0 spiro atoms. The zero-order valence-electron chi connectivity index (χ0n) is 14.8. The number of thiazole rings is 1. The Hall–Kier alpha value is -2.25. The van der Waals surface area contributed by atoms with E-state index in [-0.39, 0.29) is 0 Å². The first-order valence-electron chi connectivity index (χ1n) is 9.06. The molecule has 1 aromatic carbocycles. The lowest BCUT2D eigenvalue weighted by atomic mass is 10.0. The fraction of sp³-hybridized carbons (Fsp3) is 0.421. The van der Waals surface area contributed by atoms with E-state index < -0.39 is 0 Å². The van der Waals surface area contributed by atoms with Crippen molar-refractivity contribution in [3.63, 3.8) is 0 Å². The van der Waals surface area contributed by atoms with Gasteiger partial charge in [-0.25, -0.2) is 4.98 Å². The Morgan fingerprint density at radius 3 is 3.19 bits per heavy atom. The number of hydrogen-bond acceptors (Lipinski definition) is 6. The number of fused-ring (bicyclic) bond motifs is 2. The summed E-state index contributed by atoms with van der Waals surface area (Å²) in [6.45, 7) is 5.55. The lowest BCUT2D eigenvalue weighted by molar-refractivity contribution is 0.174. The Kier molecular flexibility index (Phi) is 3.98. The van der Waals surface area contributed by atoms with Crippen molar-refractivity contribution in [1.82, 2.24) is 14.3 Å². The van der Waals surface area contributed by atoms with E-state index in [9.17, 15) is 0 Å². The Balaban J connectivity index is 1.28. The number of aromatic nitrogens is 2. The highest BCUT2D eigenvalue weighted by Crippen LogP contribution is 2.34. The summed E-state index contributed by atoms with van der Waals surface area (Å²) in [7, 11) is 0. The SMILES string of the molecule is Cc1nc2sccn2c1CN1CCCC(Nc2ccc3c(c2)OCO3)C1. The van der Waals surface area contributed by atoms with Crippen LogP contribution in [0.4, 0.5) is 5.69 Å². The maximum Gasteiger partial charge on any atom is 0.231 e. The number of rotatable bonds is 4. The molecule has 0 bridgehead atoms. The predicted molar refractivity (Wildman–Crippen MR) is 102 cm³/mol. The standard InChI is InChI=1S/C19H22N4O2S/c1-13-16(23-7-8-26-19(23)20-13)11-22-6-2-3-15(10-22)21-14-4-5-17-18(9-14)25-12-24-17/h4-5,7-9,15,21H,2-3,6,10-12H2,1H3. The molecule has 3 aromatic rings. The monoisotopic (exact) mass is 370 g/mol. The van der Waals surface area contributed by atoms with Crippen molar-refractivity contribution in [3.8, 4) is 11.5 Å². The average molecular weight is 370 g/mol. The van der Waals surface area contributed by atoms with E-state index in [4.69, 9.17) is 9.47 Å². The van der Waals surface area contributed by atoms with Crippen molar-refractivity contribution in [1.29, 1.82) is 0 Å². The molecule has 2 aliphatic heterocycles. The number of ether oxygens (including phenoxy) is 2. The lowest BCUT2D eigenvalue weighted by Crippen LogP contribution is -2.41. The van der Waals surface area contributed by atoms with Gasteiger partial charge in [-0.15, -0.1) is 11.3 Å². The van der Waals surface area contributed by atoms with Gasteiger partial charge < -0.3 is 14.8 Å². The van der Waals surface area contributed by atoms with Gasteiger partial charge in [0.05, 0.1) is 11.4 Å². The Morgan fingerprint density at radius 2 is 2.23 bits per heavy atom.